The zero-order valence-electron chi connectivity index (χ0n) is 11.3. The van der Waals surface area contributed by atoms with Gasteiger partial charge in [0.1, 0.15) is 22.5 Å². The molecule has 0 amide bonds. The van der Waals surface area contributed by atoms with Crippen molar-refractivity contribution < 1.29 is 0 Å². The van der Waals surface area contributed by atoms with Crippen LogP contribution in [0.5, 0.6) is 0 Å². The third-order valence-corrected chi connectivity index (χ3v) is 4.19. The van der Waals surface area contributed by atoms with Crippen molar-refractivity contribution in [3.05, 3.63) is 59.2 Å². The molecule has 0 spiro atoms. The largest absolute Gasteiger partial charge is 0.341 e. The van der Waals surface area contributed by atoms with E-state index in [1.807, 2.05) is 12.1 Å². The number of hydrogen-bond acceptors (Lipinski definition) is 6. The Morgan fingerprint density at radius 3 is 3.14 bits per heavy atom. The molecular weight excluding hydrogens is 300 g/mol. The van der Waals surface area contributed by atoms with Gasteiger partial charge in [-0.05, 0) is 12.1 Å². The number of thioether (sulfide) groups is 1. The highest BCUT2D eigenvalue weighted by molar-refractivity contribution is 7.98. The average Bonchev–Trinajstić information content (AvgIpc) is 3.02. The topological polar surface area (TPSA) is 88.8 Å². The van der Waals surface area contributed by atoms with E-state index < -0.39 is 0 Å². The molecule has 8 heteroatoms. The number of nitrogens with zero attached hydrogens (tertiary/aromatic N) is 5. The maximum Gasteiger partial charge on any atom is 0.258 e. The number of rotatable bonds is 3. The second-order valence-electron chi connectivity index (χ2n) is 4.58. The van der Waals surface area contributed by atoms with E-state index in [1.54, 1.807) is 24.7 Å². The van der Waals surface area contributed by atoms with E-state index in [0.29, 0.717) is 22.7 Å². The first-order valence-corrected chi connectivity index (χ1v) is 7.54. The predicted octanol–water partition coefficient (Wildman–Crippen LogP) is 1.65. The fourth-order valence-electron chi connectivity index (χ4n) is 2.17. The average molecular weight is 310 g/mol. The molecule has 4 rings (SSSR count). The molecule has 0 atom stereocenters. The summed E-state index contributed by atoms with van der Waals surface area (Å²) < 4.78 is 1.52. The van der Waals surface area contributed by atoms with Crippen molar-refractivity contribution in [1.82, 2.24) is 29.3 Å². The smallest absolute Gasteiger partial charge is 0.258 e. The van der Waals surface area contributed by atoms with Gasteiger partial charge in [0, 0.05) is 18.0 Å². The van der Waals surface area contributed by atoms with Gasteiger partial charge in [0.2, 0.25) is 0 Å². The molecule has 0 aliphatic carbocycles. The van der Waals surface area contributed by atoms with Gasteiger partial charge < -0.3 is 4.98 Å². The van der Waals surface area contributed by atoms with Crippen LogP contribution in [0.3, 0.4) is 0 Å². The first kappa shape index (κ1) is 13.0. The Morgan fingerprint density at radius 2 is 2.18 bits per heavy atom. The highest BCUT2D eigenvalue weighted by Crippen LogP contribution is 2.24. The summed E-state index contributed by atoms with van der Waals surface area (Å²) in [5.41, 5.74) is 2.69. The first-order chi connectivity index (χ1) is 10.8. The summed E-state index contributed by atoms with van der Waals surface area (Å²) in [6.45, 7) is 0. The van der Waals surface area contributed by atoms with E-state index in [-0.39, 0.29) is 5.56 Å². The Labute approximate surface area is 128 Å². The molecule has 0 aliphatic rings. The molecule has 0 bridgehead atoms. The van der Waals surface area contributed by atoms with Gasteiger partial charge in [0.15, 0.2) is 5.65 Å². The zero-order valence-corrected chi connectivity index (χ0v) is 12.1. The molecule has 108 valence electrons. The van der Waals surface area contributed by atoms with Crippen LogP contribution in [0.4, 0.5) is 0 Å². The first-order valence-electron chi connectivity index (χ1n) is 6.55. The minimum atomic E-state index is -0.0874. The van der Waals surface area contributed by atoms with Gasteiger partial charge in [-0.3, -0.25) is 9.20 Å². The lowest BCUT2D eigenvalue weighted by atomic mass is 10.4. The molecule has 4 aromatic heterocycles. The number of aromatic nitrogens is 6. The van der Waals surface area contributed by atoms with Gasteiger partial charge >= 0.3 is 0 Å². The maximum atomic E-state index is 12.1. The van der Waals surface area contributed by atoms with Crippen molar-refractivity contribution in [2.24, 2.45) is 0 Å². The van der Waals surface area contributed by atoms with E-state index in [0.717, 1.165) is 10.5 Å². The highest BCUT2D eigenvalue weighted by Gasteiger charge is 2.08. The Hall–Kier alpha value is -2.74. The monoisotopic (exact) mass is 310 g/mol. The van der Waals surface area contributed by atoms with Crippen LogP contribution in [0.25, 0.3) is 16.8 Å². The second kappa shape index (κ2) is 5.23. The molecule has 4 aromatic rings. The van der Waals surface area contributed by atoms with Crippen LogP contribution < -0.4 is 5.56 Å². The van der Waals surface area contributed by atoms with Gasteiger partial charge in [-0.25, -0.2) is 19.9 Å². The minimum Gasteiger partial charge on any atom is -0.341 e. The summed E-state index contributed by atoms with van der Waals surface area (Å²) in [4.78, 5) is 32.0. The van der Waals surface area contributed by atoms with Crippen LogP contribution in [0.15, 0.2) is 52.9 Å². The lowest BCUT2D eigenvalue weighted by Gasteiger charge is -2.04. The number of imidazole rings is 1. The fourth-order valence-corrected chi connectivity index (χ4v) is 3.02. The third-order valence-electron chi connectivity index (χ3n) is 3.17. The Morgan fingerprint density at radius 1 is 1.23 bits per heavy atom. The van der Waals surface area contributed by atoms with Gasteiger partial charge in [-0.2, -0.15) is 0 Å². The van der Waals surface area contributed by atoms with Gasteiger partial charge in [0.25, 0.3) is 5.56 Å². The van der Waals surface area contributed by atoms with Crippen LogP contribution >= 0.6 is 11.8 Å². The summed E-state index contributed by atoms with van der Waals surface area (Å²) in [5.74, 6) is 0.547. The van der Waals surface area contributed by atoms with Crippen LogP contribution in [0.2, 0.25) is 0 Å². The molecule has 4 heterocycles. The molecule has 0 fully saturated rings. The highest BCUT2D eigenvalue weighted by atomic mass is 32.2. The molecule has 0 radical (unpaired) electrons. The van der Waals surface area contributed by atoms with Crippen LogP contribution in [-0.2, 0) is 5.75 Å². The van der Waals surface area contributed by atoms with Crippen LogP contribution in [0.1, 0.15) is 5.69 Å². The number of fused-ring (bicyclic) bond motifs is 2. The number of aromatic amines is 1. The lowest BCUT2D eigenvalue weighted by Crippen LogP contribution is -2.14. The molecule has 0 aromatic carbocycles. The van der Waals surface area contributed by atoms with Crippen LogP contribution in [-0.4, -0.2) is 29.3 Å². The SMILES string of the molecule is O=c1cc(CSc2ncnc3nc[nH]c23)nc2ccccn12. The minimum absolute atomic E-state index is 0.0874. The number of pyridine rings is 1. The standard InChI is InChI=1S/C14H10N6OS/c21-11-5-9(19-10-3-1-2-4-20(10)11)6-22-14-12-13(16-7-15-12)17-8-18-14/h1-5,7-8H,6H2,(H,15,16,17,18). The Kier molecular flexibility index (Phi) is 3.08. The molecule has 0 aliphatic heterocycles. The molecule has 1 N–H and O–H groups in total. The predicted molar refractivity (Wildman–Crippen MR) is 82.7 cm³/mol. The van der Waals surface area contributed by atoms with E-state index in [9.17, 15) is 4.79 Å². The quantitative estimate of drug-likeness (QED) is 0.457. The van der Waals surface area contributed by atoms with Crippen molar-refractivity contribution in [2.45, 2.75) is 10.8 Å². The normalized spacial score (nSPS) is 11.3. The van der Waals surface area contributed by atoms with Crippen molar-refractivity contribution in [3.8, 4) is 0 Å². The molecule has 22 heavy (non-hydrogen) atoms. The van der Waals surface area contributed by atoms with Crippen molar-refractivity contribution in [1.29, 1.82) is 0 Å². The number of nitrogens with one attached hydrogen (secondary N) is 1. The van der Waals surface area contributed by atoms with Gasteiger partial charge in [-0.15, -0.1) is 0 Å². The summed E-state index contributed by atoms with van der Waals surface area (Å²) in [7, 11) is 0. The summed E-state index contributed by atoms with van der Waals surface area (Å²) in [5, 5.41) is 0.789. The molecule has 0 unspecified atom stereocenters. The lowest BCUT2D eigenvalue weighted by molar-refractivity contribution is 1.01. The van der Waals surface area contributed by atoms with E-state index >= 15 is 0 Å². The van der Waals surface area contributed by atoms with Crippen LogP contribution in [0, 0.1) is 0 Å². The second-order valence-corrected chi connectivity index (χ2v) is 5.55. The van der Waals surface area contributed by atoms with E-state index in [4.69, 9.17) is 0 Å². The molecule has 0 saturated heterocycles. The fraction of sp³-hybridized carbons (Fsp3) is 0.0714. The van der Waals surface area contributed by atoms with E-state index in [1.165, 1.54) is 22.5 Å². The molecular formula is C14H10N6OS. The summed E-state index contributed by atoms with van der Waals surface area (Å²) in [6.07, 6.45) is 4.78. The van der Waals surface area contributed by atoms with Gasteiger partial charge in [0.05, 0.1) is 12.0 Å². The summed E-state index contributed by atoms with van der Waals surface area (Å²) >= 11 is 1.49. The summed E-state index contributed by atoms with van der Waals surface area (Å²) in [6, 6.07) is 7.02. The maximum absolute atomic E-state index is 12.1. The van der Waals surface area contributed by atoms with Crippen molar-refractivity contribution >= 4 is 28.6 Å². The van der Waals surface area contributed by atoms with E-state index in [2.05, 4.69) is 24.9 Å². The Balaban J connectivity index is 1.67. The number of hydrogen-bond donors (Lipinski definition) is 1. The number of H-pyrrole nitrogens is 1. The third kappa shape index (κ3) is 2.23. The van der Waals surface area contributed by atoms with Crippen molar-refractivity contribution in [3.63, 3.8) is 0 Å². The molecule has 7 nitrogen and oxygen atoms in total. The van der Waals surface area contributed by atoms with Gasteiger partial charge in [-0.1, -0.05) is 17.8 Å². The zero-order chi connectivity index (χ0) is 14.9. The Bertz CT molecular complexity index is 1020. The molecule has 0 saturated carbocycles. The van der Waals surface area contributed by atoms with Crippen molar-refractivity contribution in [2.75, 3.05) is 0 Å².